The van der Waals surface area contributed by atoms with Crippen molar-refractivity contribution in [3.8, 4) is 0 Å². The molecule has 1 fully saturated rings. The van der Waals surface area contributed by atoms with Crippen LogP contribution in [0.3, 0.4) is 0 Å². The topological polar surface area (TPSA) is 67.6 Å². The lowest BCUT2D eigenvalue weighted by molar-refractivity contribution is -0.129. The van der Waals surface area contributed by atoms with Crippen LogP contribution in [0.2, 0.25) is 0 Å². The highest BCUT2D eigenvalue weighted by Crippen LogP contribution is 2.09. The molecule has 1 saturated heterocycles. The summed E-state index contributed by atoms with van der Waals surface area (Å²) >= 11 is 0. The van der Waals surface area contributed by atoms with Gasteiger partial charge in [-0.3, -0.25) is 9.69 Å². The highest BCUT2D eigenvalue weighted by Gasteiger charge is 2.27. The summed E-state index contributed by atoms with van der Waals surface area (Å²) < 4.78 is 5.51. The normalized spacial score (nSPS) is 24.6. The number of carbonyl (C=O) groups excluding carboxylic acids is 1. The standard InChI is InChI=1S/C13H27N3O2/c1-4-5-10(2)15-13(17)11(3)16-6-7-18-12(8-14)9-16/h10-12H,4-9,14H2,1-3H3,(H,15,17). The highest BCUT2D eigenvalue weighted by atomic mass is 16.5. The summed E-state index contributed by atoms with van der Waals surface area (Å²) in [6, 6.07) is 0.138. The summed E-state index contributed by atoms with van der Waals surface area (Å²) in [5.74, 6) is 0.105. The molecule has 5 nitrogen and oxygen atoms in total. The number of hydrogen-bond donors (Lipinski definition) is 2. The van der Waals surface area contributed by atoms with Crippen molar-refractivity contribution in [2.24, 2.45) is 5.73 Å². The maximum absolute atomic E-state index is 12.1. The molecular weight excluding hydrogens is 230 g/mol. The summed E-state index contributed by atoms with van der Waals surface area (Å²) in [7, 11) is 0. The first-order valence-electron chi connectivity index (χ1n) is 6.94. The summed E-state index contributed by atoms with van der Waals surface area (Å²) in [6.07, 6.45) is 2.16. The fraction of sp³-hybridized carbons (Fsp3) is 0.923. The van der Waals surface area contributed by atoms with Crippen LogP contribution in [0, 0.1) is 0 Å². The van der Waals surface area contributed by atoms with E-state index in [0.717, 1.165) is 25.9 Å². The largest absolute Gasteiger partial charge is 0.374 e. The molecular formula is C13H27N3O2. The SMILES string of the molecule is CCCC(C)NC(=O)C(C)N1CCOC(CN)C1. The van der Waals surface area contributed by atoms with Crippen LogP contribution in [-0.2, 0) is 9.53 Å². The third-order valence-electron chi connectivity index (χ3n) is 3.47. The van der Waals surface area contributed by atoms with Gasteiger partial charge in [-0.2, -0.15) is 0 Å². The van der Waals surface area contributed by atoms with Crippen LogP contribution in [0.4, 0.5) is 0 Å². The van der Waals surface area contributed by atoms with Gasteiger partial charge in [0.05, 0.1) is 18.8 Å². The predicted molar refractivity (Wildman–Crippen MR) is 72.3 cm³/mol. The highest BCUT2D eigenvalue weighted by molar-refractivity contribution is 5.81. The van der Waals surface area contributed by atoms with E-state index in [4.69, 9.17) is 10.5 Å². The molecule has 1 aliphatic heterocycles. The van der Waals surface area contributed by atoms with Crippen molar-refractivity contribution in [1.29, 1.82) is 0 Å². The van der Waals surface area contributed by atoms with Crippen LogP contribution in [-0.4, -0.2) is 55.2 Å². The van der Waals surface area contributed by atoms with Gasteiger partial charge in [0.1, 0.15) is 0 Å². The Kier molecular flexibility index (Phi) is 6.60. The number of nitrogens with one attached hydrogen (secondary N) is 1. The molecule has 1 amide bonds. The Morgan fingerprint density at radius 1 is 1.56 bits per heavy atom. The zero-order chi connectivity index (χ0) is 13.5. The lowest BCUT2D eigenvalue weighted by atomic mass is 10.1. The van der Waals surface area contributed by atoms with Crippen LogP contribution in [0.5, 0.6) is 0 Å². The van der Waals surface area contributed by atoms with Crippen molar-refractivity contribution in [3.63, 3.8) is 0 Å². The van der Waals surface area contributed by atoms with Crippen LogP contribution < -0.4 is 11.1 Å². The van der Waals surface area contributed by atoms with Gasteiger partial charge in [-0.05, 0) is 20.3 Å². The minimum atomic E-state index is -0.109. The van der Waals surface area contributed by atoms with E-state index in [0.29, 0.717) is 13.2 Å². The molecule has 3 unspecified atom stereocenters. The molecule has 0 bridgehead atoms. The van der Waals surface area contributed by atoms with Crippen molar-refractivity contribution < 1.29 is 9.53 Å². The Hall–Kier alpha value is -0.650. The van der Waals surface area contributed by atoms with Crippen molar-refractivity contribution >= 4 is 5.91 Å². The smallest absolute Gasteiger partial charge is 0.237 e. The molecule has 0 aromatic heterocycles. The first-order valence-corrected chi connectivity index (χ1v) is 6.94. The average molecular weight is 257 g/mol. The van der Waals surface area contributed by atoms with Crippen LogP contribution >= 0.6 is 0 Å². The molecule has 0 aliphatic carbocycles. The van der Waals surface area contributed by atoms with E-state index in [2.05, 4.69) is 24.1 Å². The molecule has 1 rings (SSSR count). The lowest BCUT2D eigenvalue weighted by Crippen LogP contribution is -2.54. The number of rotatable bonds is 6. The summed E-state index contributed by atoms with van der Waals surface area (Å²) in [5.41, 5.74) is 5.61. The molecule has 3 atom stereocenters. The Morgan fingerprint density at radius 2 is 2.28 bits per heavy atom. The van der Waals surface area contributed by atoms with E-state index in [-0.39, 0.29) is 24.1 Å². The number of nitrogens with two attached hydrogens (primary N) is 1. The molecule has 0 radical (unpaired) electrons. The maximum atomic E-state index is 12.1. The Bertz CT molecular complexity index is 261. The van der Waals surface area contributed by atoms with E-state index in [1.54, 1.807) is 0 Å². The molecule has 0 spiro atoms. The van der Waals surface area contributed by atoms with Crippen molar-refractivity contribution in [2.45, 2.75) is 51.8 Å². The Morgan fingerprint density at radius 3 is 2.89 bits per heavy atom. The number of amides is 1. The molecule has 0 saturated carbocycles. The minimum absolute atomic E-state index is 0.0575. The van der Waals surface area contributed by atoms with E-state index >= 15 is 0 Å². The Labute approximate surface area is 110 Å². The summed E-state index contributed by atoms with van der Waals surface area (Å²) in [5, 5.41) is 3.06. The van der Waals surface area contributed by atoms with Crippen molar-refractivity contribution in [3.05, 3.63) is 0 Å². The number of ether oxygens (including phenoxy) is 1. The summed E-state index contributed by atoms with van der Waals surface area (Å²) in [4.78, 5) is 14.2. The molecule has 3 N–H and O–H groups in total. The van der Waals surface area contributed by atoms with Crippen molar-refractivity contribution in [2.75, 3.05) is 26.2 Å². The zero-order valence-electron chi connectivity index (χ0n) is 11.8. The van der Waals surface area contributed by atoms with Gasteiger partial charge in [-0.1, -0.05) is 13.3 Å². The van der Waals surface area contributed by atoms with Gasteiger partial charge in [0.25, 0.3) is 0 Å². The molecule has 106 valence electrons. The number of carbonyl (C=O) groups is 1. The van der Waals surface area contributed by atoms with E-state index in [9.17, 15) is 4.79 Å². The fourth-order valence-corrected chi connectivity index (χ4v) is 2.27. The summed E-state index contributed by atoms with van der Waals surface area (Å²) in [6.45, 7) is 8.84. The quantitative estimate of drug-likeness (QED) is 0.720. The second-order valence-corrected chi connectivity index (χ2v) is 5.10. The third kappa shape index (κ3) is 4.55. The average Bonchev–Trinajstić information content (AvgIpc) is 2.38. The van der Waals surface area contributed by atoms with E-state index in [1.165, 1.54) is 0 Å². The maximum Gasteiger partial charge on any atom is 0.237 e. The van der Waals surface area contributed by atoms with Gasteiger partial charge in [-0.25, -0.2) is 0 Å². The van der Waals surface area contributed by atoms with Gasteiger partial charge < -0.3 is 15.8 Å². The van der Waals surface area contributed by atoms with Crippen molar-refractivity contribution in [1.82, 2.24) is 10.2 Å². The van der Waals surface area contributed by atoms with E-state index in [1.807, 2.05) is 6.92 Å². The van der Waals surface area contributed by atoms with Gasteiger partial charge in [0.2, 0.25) is 5.91 Å². The van der Waals surface area contributed by atoms with Crippen LogP contribution in [0.15, 0.2) is 0 Å². The number of nitrogens with zero attached hydrogens (tertiary/aromatic N) is 1. The second kappa shape index (κ2) is 7.71. The third-order valence-corrected chi connectivity index (χ3v) is 3.47. The fourth-order valence-electron chi connectivity index (χ4n) is 2.27. The van der Waals surface area contributed by atoms with Crippen LogP contribution in [0.25, 0.3) is 0 Å². The van der Waals surface area contributed by atoms with Gasteiger partial charge >= 0.3 is 0 Å². The second-order valence-electron chi connectivity index (χ2n) is 5.10. The molecule has 5 heteroatoms. The van der Waals surface area contributed by atoms with Gasteiger partial charge in [0.15, 0.2) is 0 Å². The van der Waals surface area contributed by atoms with Gasteiger partial charge in [-0.15, -0.1) is 0 Å². The lowest BCUT2D eigenvalue weighted by Gasteiger charge is -2.36. The van der Waals surface area contributed by atoms with E-state index < -0.39 is 0 Å². The molecule has 0 aromatic rings. The first-order chi connectivity index (χ1) is 8.58. The Balaban J connectivity index is 2.42. The molecule has 1 aliphatic rings. The monoisotopic (exact) mass is 257 g/mol. The first kappa shape index (κ1) is 15.4. The molecule has 18 heavy (non-hydrogen) atoms. The number of hydrogen-bond acceptors (Lipinski definition) is 4. The van der Waals surface area contributed by atoms with Gasteiger partial charge in [0, 0.05) is 25.7 Å². The predicted octanol–water partition coefficient (Wildman–Crippen LogP) is 0.339. The number of morpholine rings is 1. The molecule has 1 heterocycles. The van der Waals surface area contributed by atoms with Crippen LogP contribution in [0.1, 0.15) is 33.6 Å². The minimum Gasteiger partial charge on any atom is -0.374 e. The zero-order valence-corrected chi connectivity index (χ0v) is 11.8. The molecule has 0 aromatic carbocycles.